The molecule has 5 heteroatoms. The minimum Gasteiger partial charge on any atom is -0.394 e. The van der Waals surface area contributed by atoms with Gasteiger partial charge in [0.25, 0.3) is 5.91 Å². The minimum absolute atomic E-state index is 0.0262. The van der Waals surface area contributed by atoms with Gasteiger partial charge in [-0.05, 0) is 37.0 Å². The van der Waals surface area contributed by atoms with E-state index in [1.54, 1.807) is 6.07 Å². The van der Waals surface area contributed by atoms with Gasteiger partial charge >= 0.3 is 0 Å². The Morgan fingerprint density at radius 1 is 1.35 bits per heavy atom. The third-order valence-electron chi connectivity index (χ3n) is 4.98. The van der Waals surface area contributed by atoms with Crippen molar-refractivity contribution in [2.75, 3.05) is 6.61 Å². The van der Waals surface area contributed by atoms with Crippen LogP contribution in [0.4, 0.5) is 0 Å². The number of carbonyl (C=O) groups excluding carboxylic acids is 1. The van der Waals surface area contributed by atoms with E-state index in [-0.39, 0.29) is 18.6 Å². The monoisotopic (exact) mass is 334 g/mol. The molecule has 0 radical (unpaired) electrons. The predicted molar refractivity (Wildman–Crippen MR) is 92.8 cm³/mol. The third-order valence-corrected chi connectivity index (χ3v) is 5.39. The molecular formula is C18H23ClN2O2. The van der Waals surface area contributed by atoms with Gasteiger partial charge in [-0.15, -0.1) is 0 Å². The molecule has 1 fully saturated rings. The summed E-state index contributed by atoms with van der Waals surface area (Å²) in [5.74, 6) is 0.155. The number of aliphatic hydroxyl groups excluding tert-OH is 1. The molecule has 1 aromatic carbocycles. The Morgan fingerprint density at radius 3 is 2.78 bits per heavy atom. The molecule has 0 saturated heterocycles. The Bertz CT molecular complexity index is 704. The highest BCUT2D eigenvalue weighted by Gasteiger charge is 2.25. The second-order valence-electron chi connectivity index (χ2n) is 6.45. The molecule has 0 spiro atoms. The number of fused-ring (bicyclic) bond motifs is 1. The number of halogens is 1. The van der Waals surface area contributed by atoms with Crippen LogP contribution in [0.15, 0.2) is 24.4 Å². The van der Waals surface area contributed by atoms with Gasteiger partial charge in [0.1, 0.15) is 0 Å². The maximum atomic E-state index is 12.6. The van der Waals surface area contributed by atoms with Gasteiger partial charge in [-0.1, -0.05) is 30.9 Å². The fourth-order valence-corrected chi connectivity index (χ4v) is 3.89. The SMILES string of the molecule is Cn1ccc2c(Cl)c(C(=O)N[C@H](CO)C3CCCCC3)ccc21. The van der Waals surface area contributed by atoms with E-state index in [4.69, 9.17) is 11.6 Å². The van der Waals surface area contributed by atoms with Gasteiger partial charge in [0.15, 0.2) is 0 Å². The van der Waals surface area contributed by atoms with E-state index in [9.17, 15) is 9.90 Å². The van der Waals surface area contributed by atoms with Gasteiger partial charge < -0.3 is 15.0 Å². The molecule has 1 heterocycles. The molecule has 0 aliphatic heterocycles. The average molecular weight is 335 g/mol. The molecule has 23 heavy (non-hydrogen) atoms. The summed E-state index contributed by atoms with van der Waals surface area (Å²) < 4.78 is 1.97. The number of carbonyl (C=O) groups is 1. The van der Waals surface area contributed by atoms with Crippen LogP contribution < -0.4 is 5.32 Å². The number of hydrogen-bond acceptors (Lipinski definition) is 2. The highest BCUT2D eigenvalue weighted by atomic mass is 35.5. The molecule has 4 nitrogen and oxygen atoms in total. The van der Waals surface area contributed by atoms with E-state index < -0.39 is 0 Å². The molecule has 3 rings (SSSR count). The summed E-state index contributed by atoms with van der Waals surface area (Å²) in [4.78, 5) is 12.6. The number of nitrogens with zero attached hydrogens (tertiary/aromatic N) is 1. The Balaban J connectivity index is 1.80. The zero-order chi connectivity index (χ0) is 16.4. The molecule has 1 aromatic heterocycles. The molecule has 124 valence electrons. The molecular weight excluding hydrogens is 312 g/mol. The summed E-state index contributed by atoms with van der Waals surface area (Å²) in [5, 5.41) is 14.0. The predicted octanol–water partition coefficient (Wildman–Crippen LogP) is 3.50. The fourth-order valence-electron chi connectivity index (χ4n) is 3.59. The van der Waals surface area contributed by atoms with Gasteiger partial charge in [0.05, 0.1) is 23.2 Å². The summed E-state index contributed by atoms with van der Waals surface area (Å²) >= 11 is 6.43. The summed E-state index contributed by atoms with van der Waals surface area (Å²) in [7, 11) is 1.95. The molecule has 1 saturated carbocycles. The van der Waals surface area contributed by atoms with E-state index in [2.05, 4.69) is 5.32 Å². The van der Waals surface area contributed by atoms with Crippen molar-refractivity contribution in [3.05, 3.63) is 35.0 Å². The summed E-state index contributed by atoms with van der Waals surface area (Å²) in [6, 6.07) is 5.39. The zero-order valence-electron chi connectivity index (χ0n) is 13.4. The molecule has 0 unspecified atom stereocenters. The maximum Gasteiger partial charge on any atom is 0.253 e. The van der Waals surface area contributed by atoms with Crippen molar-refractivity contribution in [3.63, 3.8) is 0 Å². The number of aromatic nitrogens is 1. The molecule has 1 aliphatic rings. The number of amides is 1. The number of aliphatic hydroxyl groups is 1. The Hall–Kier alpha value is -1.52. The quantitative estimate of drug-likeness (QED) is 0.899. The van der Waals surface area contributed by atoms with E-state index in [0.717, 1.165) is 23.7 Å². The fraction of sp³-hybridized carbons (Fsp3) is 0.500. The first-order chi connectivity index (χ1) is 11.1. The van der Waals surface area contributed by atoms with Crippen molar-refractivity contribution in [2.45, 2.75) is 38.1 Å². The van der Waals surface area contributed by atoms with Gasteiger partial charge in [-0.25, -0.2) is 0 Å². The minimum atomic E-state index is -0.203. The van der Waals surface area contributed by atoms with Crippen LogP contribution in [0.3, 0.4) is 0 Å². The van der Waals surface area contributed by atoms with Gasteiger partial charge in [-0.2, -0.15) is 0 Å². The molecule has 0 bridgehead atoms. The van der Waals surface area contributed by atoms with Crippen molar-refractivity contribution >= 4 is 28.4 Å². The van der Waals surface area contributed by atoms with Gasteiger partial charge in [0, 0.05) is 24.1 Å². The molecule has 1 atom stereocenters. The van der Waals surface area contributed by atoms with E-state index in [0.29, 0.717) is 16.5 Å². The van der Waals surface area contributed by atoms with Gasteiger partial charge in [0.2, 0.25) is 0 Å². The highest BCUT2D eigenvalue weighted by Crippen LogP contribution is 2.29. The summed E-state index contributed by atoms with van der Waals surface area (Å²) in [6.45, 7) is -0.0262. The van der Waals surface area contributed by atoms with Crippen LogP contribution in [0.25, 0.3) is 10.9 Å². The third kappa shape index (κ3) is 3.24. The first-order valence-corrected chi connectivity index (χ1v) is 8.65. The lowest BCUT2D eigenvalue weighted by Crippen LogP contribution is -2.43. The van der Waals surface area contributed by atoms with E-state index in [1.807, 2.05) is 29.9 Å². The lowest BCUT2D eigenvalue weighted by Gasteiger charge is -2.29. The Morgan fingerprint density at radius 2 is 2.09 bits per heavy atom. The molecule has 2 aromatic rings. The topological polar surface area (TPSA) is 54.3 Å². The average Bonchev–Trinajstić information content (AvgIpc) is 2.96. The van der Waals surface area contributed by atoms with Crippen molar-refractivity contribution in [3.8, 4) is 0 Å². The van der Waals surface area contributed by atoms with Crippen LogP contribution in [-0.2, 0) is 7.05 Å². The normalized spacial score (nSPS) is 17.3. The number of benzene rings is 1. The second kappa shape index (κ2) is 6.93. The van der Waals surface area contributed by atoms with Crippen molar-refractivity contribution < 1.29 is 9.90 Å². The number of hydrogen-bond donors (Lipinski definition) is 2. The lowest BCUT2D eigenvalue weighted by molar-refractivity contribution is 0.0871. The smallest absolute Gasteiger partial charge is 0.253 e. The Labute approximate surface area is 141 Å². The van der Waals surface area contributed by atoms with Crippen LogP contribution in [0, 0.1) is 5.92 Å². The lowest BCUT2D eigenvalue weighted by atomic mass is 9.84. The van der Waals surface area contributed by atoms with Gasteiger partial charge in [-0.3, -0.25) is 4.79 Å². The van der Waals surface area contributed by atoms with Crippen molar-refractivity contribution in [1.82, 2.24) is 9.88 Å². The first-order valence-electron chi connectivity index (χ1n) is 8.27. The molecule has 2 N–H and O–H groups in total. The number of rotatable bonds is 4. The largest absolute Gasteiger partial charge is 0.394 e. The summed E-state index contributed by atoms with van der Waals surface area (Å²) in [5.41, 5.74) is 1.47. The molecule has 1 amide bonds. The number of aryl methyl sites for hydroxylation is 1. The highest BCUT2D eigenvalue weighted by molar-refractivity contribution is 6.38. The zero-order valence-corrected chi connectivity index (χ0v) is 14.1. The maximum absolute atomic E-state index is 12.6. The van der Waals surface area contributed by atoms with E-state index >= 15 is 0 Å². The van der Waals surface area contributed by atoms with Crippen molar-refractivity contribution in [2.24, 2.45) is 13.0 Å². The standard InChI is InChI=1S/C18H23ClN2O2/c1-21-10-9-13-16(21)8-7-14(17(13)19)18(23)20-15(11-22)12-5-3-2-4-6-12/h7-10,12,15,22H,2-6,11H2,1H3,(H,20,23)/t15-/m1/s1. The molecule has 1 aliphatic carbocycles. The second-order valence-corrected chi connectivity index (χ2v) is 6.83. The van der Waals surface area contributed by atoms with Crippen LogP contribution in [0.2, 0.25) is 5.02 Å². The van der Waals surface area contributed by atoms with E-state index in [1.165, 1.54) is 19.3 Å². The van der Waals surface area contributed by atoms with Crippen LogP contribution in [0.5, 0.6) is 0 Å². The van der Waals surface area contributed by atoms with Crippen LogP contribution in [0.1, 0.15) is 42.5 Å². The van der Waals surface area contributed by atoms with Crippen molar-refractivity contribution in [1.29, 1.82) is 0 Å². The Kier molecular flexibility index (Phi) is 4.93. The van der Waals surface area contributed by atoms with Crippen LogP contribution in [-0.4, -0.2) is 28.2 Å². The number of nitrogens with one attached hydrogen (secondary N) is 1. The first kappa shape index (κ1) is 16.3. The summed E-state index contributed by atoms with van der Waals surface area (Å²) in [6.07, 6.45) is 7.66. The van der Waals surface area contributed by atoms with Crippen LogP contribution >= 0.6 is 11.6 Å².